The fourth-order valence-electron chi connectivity index (χ4n) is 2.19. The van der Waals surface area contributed by atoms with Gasteiger partial charge >= 0.3 is 0 Å². The highest BCUT2D eigenvalue weighted by Crippen LogP contribution is 2.27. The monoisotopic (exact) mass is 198 g/mol. The molecule has 0 bridgehead atoms. The van der Waals surface area contributed by atoms with Crippen molar-refractivity contribution in [2.24, 2.45) is 5.92 Å². The van der Waals surface area contributed by atoms with Gasteiger partial charge < -0.3 is 0 Å². The van der Waals surface area contributed by atoms with E-state index in [2.05, 4.69) is 42.1 Å². The van der Waals surface area contributed by atoms with E-state index in [0.29, 0.717) is 0 Å². The molecule has 15 heavy (non-hydrogen) atoms. The molecule has 0 heterocycles. The zero-order valence-corrected chi connectivity index (χ0v) is 9.15. The van der Waals surface area contributed by atoms with Crippen molar-refractivity contribution in [1.82, 2.24) is 0 Å². The minimum Gasteiger partial charge on any atom is -0.125 e. The van der Waals surface area contributed by atoms with Crippen LogP contribution in [-0.2, 0) is 0 Å². The predicted molar refractivity (Wildman–Crippen MR) is 65.6 cm³/mol. The van der Waals surface area contributed by atoms with Gasteiger partial charge in [0.25, 0.3) is 0 Å². The van der Waals surface area contributed by atoms with E-state index in [-0.39, 0.29) is 0 Å². The standard InChI is InChI=1S/C15H18/c1-2-8-14(9-3-1)10-4-5-11-15-12-6-7-13-15/h1-3,5,8-10,15H,6-7,11-13H2. The molecule has 1 aromatic carbocycles. The fraction of sp³-hybridized carbons (Fsp3) is 0.400. The molecule has 0 spiro atoms. The first kappa shape index (κ1) is 10.3. The lowest BCUT2D eigenvalue weighted by molar-refractivity contribution is 0.558. The molecule has 0 heteroatoms. The van der Waals surface area contributed by atoms with Gasteiger partial charge in [-0.1, -0.05) is 56.0 Å². The van der Waals surface area contributed by atoms with Crippen LogP contribution in [0.4, 0.5) is 0 Å². The molecule has 1 aromatic rings. The maximum absolute atomic E-state index is 3.28. The zero-order valence-electron chi connectivity index (χ0n) is 9.15. The number of allylic oxidation sites excluding steroid dienone is 1. The third kappa shape index (κ3) is 3.42. The Bertz CT molecular complexity index is 336. The summed E-state index contributed by atoms with van der Waals surface area (Å²) in [6.07, 6.45) is 11.2. The number of benzene rings is 1. The van der Waals surface area contributed by atoms with Crippen molar-refractivity contribution < 1.29 is 0 Å². The van der Waals surface area contributed by atoms with E-state index in [1.807, 2.05) is 6.07 Å². The Morgan fingerprint density at radius 2 is 1.87 bits per heavy atom. The SMILES string of the molecule is C(=CCC1CCCC1)=Cc1ccccc1. The molecule has 0 aliphatic heterocycles. The zero-order chi connectivity index (χ0) is 10.3. The summed E-state index contributed by atoms with van der Waals surface area (Å²) < 4.78 is 0. The molecule has 78 valence electrons. The van der Waals surface area contributed by atoms with Crippen LogP contribution in [0.25, 0.3) is 6.08 Å². The Morgan fingerprint density at radius 1 is 1.13 bits per heavy atom. The molecule has 0 unspecified atom stereocenters. The van der Waals surface area contributed by atoms with Gasteiger partial charge in [-0.2, -0.15) is 0 Å². The Labute approximate surface area is 92.3 Å². The topological polar surface area (TPSA) is 0 Å². The van der Waals surface area contributed by atoms with Gasteiger partial charge in [-0.25, -0.2) is 0 Å². The van der Waals surface area contributed by atoms with E-state index in [1.165, 1.54) is 37.7 Å². The lowest BCUT2D eigenvalue weighted by Crippen LogP contribution is -1.88. The van der Waals surface area contributed by atoms with Crippen LogP contribution in [-0.4, -0.2) is 0 Å². The van der Waals surface area contributed by atoms with Crippen LogP contribution >= 0.6 is 0 Å². The second-order valence-corrected chi connectivity index (χ2v) is 4.31. The van der Waals surface area contributed by atoms with Crippen molar-refractivity contribution in [3.8, 4) is 0 Å². The Balaban J connectivity index is 1.85. The van der Waals surface area contributed by atoms with Gasteiger partial charge in [-0.3, -0.25) is 0 Å². The van der Waals surface area contributed by atoms with Crippen molar-refractivity contribution >= 4 is 6.08 Å². The second-order valence-electron chi connectivity index (χ2n) is 4.31. The molecule has 0 nitrogen and oxygen atoms in total. The summed E-state index contributed by atoms with van der Waals surface area (Å²) in [4.78, 5) is 0. The minimum atomic E-state index is 0.932. The van der Waals surface area contributed by atoms with Crippen molar-refractivity contribution in [1.29, 1.82) is 0 Å². The highest BCUT2D eigenvalue weighted by atomic mass is 14.2. The van der Waals surface area contributed by atoms with Gasteiger partial charge in [0.2, 0.25) is 0 Å². The molecule has 1 fully saturated rings. The average Bonchev–Trinajstić information content (AvgIpc) is 2.79. The van der Waals surface area contributed by atoms with E-state index in [9.17, 15) is 0 Å². The molecular formula is C15H18. The second kappa shape index (κ2) is 5.58. The first-order valence-electron chi connectivity index (χ1n) is 5.91. The molecule has 0 saturated heterocycles. The third-order valence-corrected chi connectivity index (χ3v) is 3.09. The first-order chi connectivity index (χ1) is 7.45. The lowest BCUT2D eigenvalue weighted by atomic mass is 10.0. The van der Waals surface area contributed by atoms with Crippen molar-refractivity contribution in [2.75, 3.05) is 0 Å². The van der Waals surface area contributed by atoms with Crippen LogP contribution < -0.4 is 0 Å². The molecule has 0 N–H and O–H groups in total. The summed E-state index contributed by atoms with van der Waals surface area (Å²) in [5, 5.41) is 0. The first-order valence-corrected chi connectivity index (χ1v) is 5.91. The highest BCUT2D eigenvalue weighted by molar-refractivity contribution is 5.47. The van der Waals surface area contributed by atoms with E-state index >= 15 is 0 Å². The number of rotatable bonds is 3. The molecule has 0 atom stereocenters. The van der Waals surface area contributed by atoms with Crippen LogP contribution in [0.3, 0.4) is 0 Å². The quantitative estimate of drug-likeness (QED) is 0.630. The van der Waals surface area contributed by atoms with Gasteiger partial charge in [-0.05, 0) is 30.1 Å². The normalized spacial score (nSPS) is 16.0. The largest absolute Gasteiger partial charge is 0.125 e. The van der Waals surface area contributed by atoms with E-state index < -0.39 is 0 Å². The average molecular weight is 198 g/mol. The van der Waals surface area contributed by atoms with Gasteiger partial charge in [0.1, 0.15) is 0 Å². The van der Waals surface area contributed by atoms with Gasteiger partial charge in [0.15, 0.2) is 0 Å². The molecule has 1 aliphatic rings. The Hall–Kier alpha value is -1.26. The van der Waals surface area contributed by atoms with Crippen molar-refractivity contribution in [2.45, 2.75) is 32.1 Å². The molecule has 0 aromatic heterocycles. The van der Waals surface area contributed by atoms with Crippen molar-refractivity contribution in [3.63, 3.8) is 0 Å². The lowest BCUT2D eigenvalue weighted by Gasteiger charge is -2.01. The smallest absolute Gasteiger partial charge is 0.0131 e. The number of hydrogen-bond acceptors (Lipinski definition) is 0. The molecule has 2 rings (SSSR count). The summed E-state index contributed by atoms with van der Waals surface area (Å²) in [6.45, 7) is 0. The Morgan fingerprint density at radius 3 is 2.60 bits per heavy atom. The molecule has 0 radical (unpaired) electrons. The maximum atomic E-state index is 3.28. The van der Waals surface area contributed by atoms with E-state index in [1.54, 1.807) is 0 Å². The molecule has 1 saturated carbocycles. The van der Waals surface area contributed by atoms with Crippen LogP contribution in [0.1, 0.15) is 37.7 Å². The number of hydrogen-bond donors (Lipinski definition) is 0. The predicted octanol–water partition coefficient (Wildman–Crippen LogP) is 4.44. The minimum absolute atomic E-state index is 0.932. The van der Waals surface area contributed by atoms with E-state index in [0.717, 1.165) is 5.92 Å². The Kier molecular flexibility index (Phi) is 3.82. The van der Waals surface area contributed by atoms with Crippen LogP contribution in [0.15, 0.2) is 42.1 Å². The van der Waals surface area contributed by atoms with Gasteiger partial charge in [0.05, 0.1) is 0 Å². The van der Waals surface area contributed by atoms with Gasteiger partial charge in [0, 0.05) is 0 Å². The summed E-state index contributed by atoms with van der Waals surface area (Å²) in [6, 6.07) is 10.4. The third-order valence-electron chi connectivity index (χ3n) is 3.09. The molecular weight excluding hydrogens is 180 g/mol. The summed E-state index contributed by atoms with van der Waals surface area (Å²) in [5.41, 5.74) is 4.51. The molecule has 1 aliphatic carbocycles. The molecule has 0 amide bonds. The summed E-state index contributed by atoms with van der Waals surface area (Å²) >= 11 is 0. The van der Waals surface area contributed by atoms with Gasteiger partial charge in [-0.15, -0.1) is 5.73 Å². The van der Waals surface area contributed by atoms with Crippen molar-refractivity contribution in [3.05, 3.63) is 47.7 Å². The van der Waals surface area contributed by atoms with Crippen LogP contribution in [0, 0.1) is 5.92 Å². The van der Waals surface area contributed by atoms with Crippen LogP contribution in [0.2, 0.25) is 0 Å². The maximum Gasteiger partial charge on any atom is -0.0131 e. The fourth-order valence-corrected chi connectivity index (χ4v) is 2.19. The van der Waals surface area contributed by atoms with Crippen LogP contribution in [0.5, 0.6) is 0 Å². The summed E-state index contributed by atoms with van der Waals surface area (Å²) in [5.74, 6) is 0.932. The summed E-state index contributed by atoms with van der Waals surface area (Å²) in [7, 11) is 0. The highest BCUT2D eigenvalue weighted by Gasteiger charge is 2.12. The van der Waals surface area contributed by atoms with E-state index in [4.69, 9.17) is 0 Å².